The summed E-state index contributed by atoms with van der Waals surface area (Å²) < 4.78 is 11.4. The van der Waals surface area contributed by atoms with E-state index in [2.05, 4.69) is 26.6 Å². The van der Waals surface area contributed by atoms with Gasteiger partial charge in [0.15, 0.2) is 0 Å². The third-order valence-corrected chi connectivity index (χ3v) is 5.10. The topological polar surface area (TPSA) is 89.1 Å². The minimum atomic E-state index is 0.0654. The minimum Gasteiger partial charge on any atom is -0.487 e. The molecule has 1 saturated heterocycles. The second-order valence-electron chi connectivity index (χ2n) is 7.40. The van der Waals surface area contributed by atoms with Gasteiger partial charge in [-0.15, -0.1) is 0 Å². The molecule has 2 N–H and O–H groups in total. The van der Waals surface area contributed by atoms with E-state index in [0.29, 0.717) is 31.7 Å². The average Bonchev–Trinajstić information content (AvgIpc) is 3.50. The van der Waals surface area contributed by atoms with Crippen LogP contribution >= 0.6 is 0 Å². The first kappa shape index (κ1) is 20.1. The number of H-pyrrole nitrogens is 1. The highest BCUT2D eigenvalue weighted by atomic mass is 16.5. The van der Waals surface area contributed by atoms with Crippen LogP contribution in [0.4, 0.5) is 0 Å². The van der Waals surface area contributed by atoms with Gasteiger partial charge in [0.1, 0.15) is 12.4 Å². The van der Waals surface area contributed by atoms with Crippen LogP contribution in [0.25, 0.3) is 11.4 Å². The van der Waals surface area contributed by atoms with Crippen molar-refractivity contribution in [1.82, 2.24) is 20.5 Å². The lowest BCUT2D eigenvalue weighted by molar-refractivity contribution is -0.121. The van der Waals surface area contributed by atoms with Gasteiger partial charge in [-0.1, -0.05) is 24.3 Å². The van der Waals surface area contributed by atoms with Gasteiger partial charge in [-0.2, -0.15) is 5.10 Å². The molecule has 3 heterocycles. The quantitative estimate of drug-likeness (QED) is 0.569. The molecule has 1 atom stereocenters. The van der Waals surface area contributed by atoms with Crippen LogP contribution in [0.3, 0.4) is 0 Å². The SMILES string of the molecule is O=C(CCc1cccc(COc2ccc(-c3ccn[nH]3)nc2)c1)NCC1CCCO1. The number of hydrogen-bond donors (Lipinski definition) is 2. The summed E-state index contributed by atoms with van der Waals surface area (Å²) in [4.78, 5) is 16.5. The Bertz CT molecular complexity index is 935. The molecule has 1 aliphatic rings. The van der Waals surface area contributed by atoms with Crippen molar-refractivity contribution in [2.24, 2.45) is 0 Å². The largest absolute Gasteiger partial charge is 0.487 e. The van der Waals surface area contributed by atoms with Crippen LogP contribution in [0, 0.1) is 0 Å². The Morgan fingerprint density at radius 3 is 2.93 bits per heavy atom. The Kier molecular flexibility index (Phi) is 6.72. The summed E-state index contributed by atoms with van der Waals surface area (Å²) in [5.41, 5.74) is 3.87. The van der Waals surface area contributed by atoms with Crippen LogP contribution in [0.2, 0.25) is 0 Å². The molecule has 0 radical (unpaired) electrons. The number of carbonyl (C=O) groups excluding carboxylic acids is 1. The summed E-state index contributed by atoms with van der Waals surface area (Å²) in [6.07, 6.45) is 6.86. The monoisotopic (exact) mass is 406 g/mol. The fraction of sp³-hybridized carbons (Fsp3) is 0.348. The number of benzene rings is 1. The number of rotatable bonds is 9. The van der Waals surface area contributed by atoms with Crippen LogP contribution in [0.5, 0.6) is 5.75 Å². The molecule has 1 unspecified atom stereocenters. The van der Waals surface area contributed by atoms with E-state index in [9.17, 15) is 4.79 Å². The first-order chi connectivity index (χ1) is 14.8. The molecule has 2 aromatic heterocycles. The van der Waals surface area contributed by atoms with E-state index in [1.54, 1.807) is 12.4 Å². The van der Waals surface area contributed by atoms with Gasteiger partial charge in [0.05, 0.1) is 23.7 Å². The van der Waals surface area contributed by atoms with Crippen molar-refractivity contribution >= 4 is 5.91 Å². The summed E-state index contributed by atoms with van der Waals surface area (Å²) in [6, 6.07) is 13.8. The number of nitrogens with zero attached hydrogens (tertiary/aromatic N) is 2. The molecule has 1 aliphatic heterocycles. The number of hydrogen-bond acceptors (Lipinski definition) is 5. The molecule has 1 fully saturated rings. The van der Waals surface area contributed by atoms with Crippen LogP contribution in [-0.4, -0.2) is 40.3 Å². The van der Waals surface area contributed by atoms with E-state index in [4.69, 9.17) is 9.47 Å². The fourth-order valence-corrected chi connectivity index (χ4v) is 3.44. The Morgan fingerprint density at radius 1 is 1.23 bits per heavy atom. The number of nitrogens with one attached hydrogen (secondary N) is 2. The lowest BCUT2D eigenvalue weighted by atomic mass is 10.1. The van der Waals surface area contributed by atoms with Crippen molar-refractivity contribution in [3.05, 3.63) is 66.0 Å². The number of aryl methyl sites for hydroxylation is 1. The predicted octanol–water partition coefficient (Wildman–Crippen LogP) is 3.28. The van der Waals surface area contributed by atoms with Crippen molar-refractivity contribution in [1.29, 1.82) is 0 Å². The van der Waals surface area contributed by atoms with Gasteiger partial charge in [-0.3, -0.25) is 14.9 Å². The van der Waals surface area contributed by atoms with Crippen LogP contribution in [0.1, 0.15) is 30.4 Å². The molecule has 7 nitrogen and oxygen atoms in total. The third kappa shape index (κ3) is 5.67. The molecular formula is C23H26N4O3. The van der Waals surface area contributed by atoms with E-state index >= 15 is 0 Å². The van der Waals surface area contributed by atoms with Crippen molar-refractivity contribution in [2.75, 3.05) is 13.2 Å². The second-order valence-corrected chi connectivity index (χ2v) is 7.40. The van der Waals surface area contributed by atoms with Gasteiger partial charge in [-0.25, -0.2) is 0 Å². The highest BCUT2D eigenvalue weighted by Gasteiger charge is 2.16. The van der Waals surface area contributed by atoms with Gasteiger partial charge in [0.2, 0.25) is 5.91 Å². The molecule has 0 aliphatic carbocycles. The number of aromatic amines is 1. The highest BCUT2D eigenvalue weighted by molar-refractivity contribution is 5.76. The molecular weight excluding hydrogens is 380 g/mol. The predicted molar refractivity (Wildman–Crippen MR) is 113 cm³/mol. The second kappa shape index (κ2) is 10.0. The van der Waals surface area contributed by atoms with Gasteiger partial charge in [-0.05, 0) is 48.6 Å². The number of amides is 1. The van der Waals surface area contributed by atoms with Gasteiger partial charge >= 0.3 is 0 Å². The number of carbonyl (C=O) groups is 1. The third-order valence-electron chi connectivity index (χ3n) is 5.10. The average molecular weight is 406 g/mol. The molecule has 1 aromatic carbocycles. The van der Waals surface area contributed by atoms with E-state index < -0.39 is 0 Å². The first-order valence-electron chi connectivity index (χ1n) is 10.3. The van der Waals surface area contributed by atoms with Crippen LogP contribution in [-0.2, 0) is 22.6 Å². The number of aromatic nitrogens is 3. The lowest BCUT2D eigenvalue weighted by Gasteiger charge is -2.11. The van der Waals surface area contributed by atoms with E-state index in [1.165, 1.54) is 0 Å². The first-order valence-corrected chi connectivity index (χ1v) is 10.3. The van der Waals surface area contributed by atoms with Crippen molar-refractivity contribution in [2.45, 2.75) is 38.4 Å². The molecule has 30 heavy (non-hydrogen) atoms. The zero-order valence-electron chi connectivity index (χ0n) is 16.8. The fourth-order valence-electron chi connectivity index (χ4n) is 3.44. The van der Waals surface area contributed by atoms with Crippen molar-refractivity contribution < 1.29 is 14.3 Å². The number of pyridine rings is 1. The van der Waals surface area contributed by atoms with Crippen LogP contribution < -0.4 is 10.1 Å². The molecule has 156 valence electrons. The molecule has 1 amide bonds. The molecule has 3 aromatic rings. The molecule has 7 heteroatoms. The summed E-state index contributed by atoms with van der Waals surface area (Å²) >= 11 is 0. The summed E-state index contributed by atoms with van der Waals surface area (Å²) in [6.45, 7) is 1.86. The van der Waals surface area contributed by atoms with E-state index in [1.807, 2.05) is 36.4 Å². The van der Waals surface area contributed by atoms with Crippen LogP contribution in [0.15, 0.2) is 54.9 Å². The summed E-state index contributed by atoms with van der Waals surface area (Å²) in [5, 5.41) is 9.79. The van der Waals surface area contributed by atoms with Gasteiger partial charge in [0, 0.05) is 25.8 Å². The summed E-state index contributed by atoms with van der Waals surface area (Å²) in [7, 11) is 0. The lowest BCUT2D eigenvalue weighted by Crippen LogP contribution is -2.31. The summed E-state index contributed by atoms with van der Waals surface area (Å²) in [5.74, 6) is 0.771. The number of ether oxygens (including phenoxy) is 2. The standard InChI is InChI=1S/C23H26N4O3/c28-23(25-15-19-5-2-12-29-19)9-6-17-3-1-4-18(13-17)16-30-20-7-8-21(24-14-20)22-10-11-26-27-22/h1,3-4,7-8,10-11,13-14,19H,2,5-6,9,12,15-16H2,(H,25,28)(H,26,27). The maximum absolute atomic E-state index is 12.1. The maximum atomic E-state index is 12.1. The smallest absolute Gasteiger partial charge is 0.220 e. The van der Waals surface area contributed by atoms with Crippen molar-refractivity contribution in [3.63, 3.8) is 0 Å². The minimum absolute atomic E-state index is 0.0654. The maximum Gasteiger partial charge on any atom is 0.220 e. The molecule has 4 rings (SSSR count). The zero-order valence-corrected chi connectivity index (χ0v) is 16.8. The van der Waals surface area contributed by atoms with Gasteiger partial charge in [0.25, 0.3) is 0 Å². The van der Waals surface area contributed by atoms with Gasteiger partial charge < -0.3 is 14.8 Å². The Balaban J connectivity index is 1.23. The zero-order chi connectivity index (χ0) is 20.6. The normalized spacial score (nSPS) is 15.8. The van der Waals surface area contributed by atoms with Crippen molar-refractivity contribution in [3.8, 4) is 17.1 Å². The Morgan fingerprint density at radius 2 is 2.17 bits per heavy atom. The molecule has 0 bridgehead atoms. The Hall–Kier alpha value is -3.19. The molecule has 0 saturated carbocycles. The van der Waals surface area contributed by atoms with E-state index in [-0.39, 0.29) is 12.0 Å². The van der Waals surface area contributed by atoms with E-state index in [0.717, 1.165) is 42.0 Å². The molecule has 0 spiro atoms. The Labute approximate surface area is 175 Å². The highest BCUT2D eigenvalue weighted by Crippen LogP contribution is 2.18.